The standard InChI is InChI=1S/C18H20FN3O6/c1-4-26-16(23)18(19)14(11-8-6-7-9-13(11)22(24)25)12(10-20)15(21)28-17(18,3)27-5-2/h6-9,14H,4-5,21H2,1-3H3/t14-,17-,18+/m1/s1. The minimum absolute atomic E-state index is 0.0691. The first-order valence-corrected chi connectivity index (χ1v) is 8.50. The summed E-state index contributed by atoms with van der Waals surface area (Å²) in [6.07, 6.45) is 0. The van der Waals surface area contributed by atoms with E-state index in [1.54, 1.807) is 13.0 Å². The van der Waals surface area contributed by atoms with Gasteiger partial charge in [-0.15, -0.1) is 0 Å². The molecule has 0 spiro atoms. The number of halogens is 1. The highest BCUT2D eigenvalue weighted by molar-refractivity contribution is 5.85. The molecule has 2 N–H and O–H groups in total. The molecule has 0 saturated carbocycles. The lowest BCUT2D eigenvalue weighted by Crippen LogP contribution is -2.64. The Morgan fingerprint density at radius 2 is 2.07 bits per heavy atom. The third-order valence-corrected chi connectivity index (χ3v) is 4.47. The van der Waals surface area contributed by atoms with E-state index in [0.29, 0.717) is 0 Å². The van der Waals surface area contributed by atoms with Crippen LogP contribution in [0.4, 0.5) is 10.1 Å². The SMILES string of the molecule is CCOC(=O)[C@@]1(F)[C@H](c2ccccc2[N+](=O)[O-])C(C#N)=C(N)O[C@@]1(C)OCC. The van der Waals surface area contributed by atoms with Crippen molar-refractivity contribution in [2.45, 2.75) is 38.1 Å². The summed E-state index contributed by atoms with van der Waals surface area (Å²) < 4.78 is 32.2. The van der Waals surface area contributed by atoms with Gasteiger partial charge in [0, 0.05) is 25.2 Å². The molecule has 0 aliphatic carbocycles. The van der Waals surface area contributed by atoms with E-state index in [9.17, 15) is 20.2 Å². The van der Waals surface area contributed by atoms with Crippen LogP contribution < -0.4 is 5.73 Å². The van der Waals surface area contributed by atoms with E-state index in [4.69, 9.17) is 19.9 Å². The highest BCUT2D eigenvalue weighted by Gasteiger charge is 2.69. The average Bonchev–Trinajstić information content (AvgIpc) is 2.64. The largest absolute Gasteiger partial charge is 0.463 e. The summed E-state index contributed by atoms with van der Waals surface area (Å²) in [6, 6.07) is 6.90. The fourth-order valence-electron chi connectivity index (χ4n) is 3.28. The van der Waals surface area contributed by atoms with E-state index in [-0.39, 0.29) is 18.8 Å². The van der Waals surface area contributed by atoms with E-state index < -0.39 is 45.4 Å². The number of hydrogen-bond acceptors (Lipinski definition) is 8. The van der Waals surface area contributed by atoms with Crippen molar-refractivity contribution in [3.8, 4) is 6.07 Å². The summed E-state index contributed by atoms with van der Waals surface area (Å²) in [4.78, 5) is 23.5. The van der Waals surface area contributed by atoms with Crippen molar-refractivity contribution in [2.75, 3.05) is 13.2 Å². The number of benzene rings is 1. The zero-order valence-corrected chi connectivity index (χ0v) is 15.6. The summed E-state index contributed by atoms with van der Waals surface area (Å²) in [5.74, 6) is -5.93. The number of alkyl halides is 1. The summed E-state index contributed by atoms with van der Waals surface area (Å²) in [6.45, 7) is 3.91. The maximum Gasteiger partial charge on any atom is 0.352 e. The van der Waals surface area contributed by atoms with Crippen molar-refractivity contribution in [3.63, 3.8) is 0 Å². The van der Waals surface area contributed by atoms with Gasteiger partial charge in [0.25, 0.3) is 17.1 Å². The summed E-state index contributed by atoms with van der Waals surface area (Å²) in [5, 5.41) is 21.1. The smallest absolute Gasteiger partial charge is 0.352 e. The minimum atomic E-state index is -3.13. The fraction of sp³-hybridized carbons (Fsp3) is 0.444. The third kappa shape index (κ3) is 3.14. The predicted molar refractivity (Wildman–Crippen MR) is 94.3 cm³/mol. The Morgan fingerprint density at radius 3 is 2.61 bits per heavy atom. The summed E-state index contributed by atoms with van der Waals surface area (Å²) in [7, 11) is 0. The molecule has 1 aliphatic rings. The molecule has 3 atom stereocenters. The number of nitriles is 1. The highest BCUT2D eigenvalue weighted by Crippen LogP contribution is 2.53. The molecule has 150 valence electrons. The third-order valence-electron chi connectivity index (χ3n) is 4.47. The molecule has 0 aromatic heterocycles. The number of carbonyl (C=O) groups is 1. The van der Waals surface area contributed by atoms with Crippen molar-refractivity contribution in [1.82, 2.24) is 0 Å². The van der Waals surface area contributed by atoms with Gasteiger partial charge in [0.15, 0.2) is 0 Å². The second-order valence-electron chi connectivity index (χ2n) is 6.05. The monoisotopic (exact) mass is 393 g/mol. The van der Waals surface area contributed by atoms with Crippen molar-refractivity contribution in [3.05, 3.63) is 51.4 Å². The van der Waals surface area contributed by atoms with Crippen LogP contribution in [-0.2, 0) is 19.0 Å². The van der Waals surface area contributed by atoms with E-state index >= 15 is 4.39 Å². The molecule has 28 heavy (non-hydrogen) atoms. The van der Waals surface area contributed by atoms with Gasteiger partial charge in [-0.05, 0) is 13.8 Å². The van der Waals surface area contributed by atoms with Crippen LogP contribution in [0.15, 0.2) is 35.7 Å². The average molecular weight is 393 g/mol. The molecule has 1 aliphatic heterocycles. The summed E-state index contributed by atoms with van der Waals surface area (Å²) in [5.41, 5.74) is 1.50. The van der Waals surface area contributed by atoms with E-state index in [1.165, 1.54) is 25.1 Å². The first kappa shape index (κ1) is 21.1. The van der Waals surface area contributed by atoms with Gasteiger partial charge in [-0.3, -0.25) is 10.1 Å². The number of ether oxygens (including phenoxy) is 3. The lowest BCUT2D eigenvalue weighted by atomic mass is 9.72. The Hall–Kier alpha value is -3.19. The Bertz CT molecular complexity index is 867. The second kappa shape index (κ2) is 7.82. The number of allylic oxidation sites excluding steroid dienone is 1. The van der Waals surface area contributed by atoms with Gasteiger partial charge >= 0.3 is 5.97 Å². The van der Waals surface area contributed by atoms with E-state index in [2.05, 4.69) is 0 Å². The number of nitrogens with two attached hydrogens (primary N) is 1. The van der Waals surface area contributed by atoms with Crippen molar-refractivity contribution in [2.24, 2.45) is 5.73 Å². The predicted octanol–water partition coefficient (Wildman–Crippen LogP) is 2.43. The molecule has 0 unspecified atom stereocenters. The Labute approximate surface area is 160 Å². The second-order valence-corrected chi connectivity index (χ2v) is 6.05. The molecule has 2 rings (SSSR count). The number of para-hydroxylation sites is 1. The van der Waals surface area contributed by atoms with Crippen LogP contribution in [0.25, 0.3) is 0 Å². The van der Waals surface area contributed by atoms with Crippen LogP contribution in [0.2, 0.25) is 0 Å². The molecule has 0 fully saturated rings. The molecule has 0 bridgehead atoms. The van der Waals surface area contributed by atoms with Gasteiger partial charge < -0.3 is 19.9 Å². The molecule has 0 saturated heterocycles. The number of nitro benzene ring substituents is 1. The Morgan fingerprint density at radius 1 is 1.43 bits per heavy atom. The van der Waals surface area contributed by atoms with Gasteiger partial charge in [0.2, 0.25) is 5.88 Å². The number of esters is 1. The molecule has 1 heterocycles. The normalized spacial score (nSPS) is 26.9. The van der Waals surface area contributed by atoms with E-state index in [0.717, 1.165) is 13.0 Å². The van der Waals surface area contributed by atoms with Gasteiger partial charge in [0.05, 0.1) is 17.4 Å². The molecular weight excluding hydrogens is 373 g/mol. The van der Waals surface area contributed by atoms with Crippen LogP contribution in [0.5, 0.6) is 0 Å². The van der Waals surface area contributed by atoms with Crippen molar-refractivity contribution in [1.29, 1.82) is 5.26 Å². The Balaban J connectivity index is 2.90. The number of hydrogen-bond donors (Lipinski definition) is 1. The molecule has 9 nitrogen and oxygen atoms in total. The van der Waals surface area contributed by atoms with Gasteiger partial charge in [0.1, 0.15) is 11.6 Å². The number of carbonyl (C=O) groups excluding carboxylic acids is 1. The van der Waals surface area contributed by atoms with Crippen LogP contribution >= 0.6 is 0 Å². The minimum Gasteiger partial charge on any atom is -0.463 e. The van der Waals surface area contributed by atoms with Gasteiger partial charge in [-0.2, -0.15) is 5.26 Å². The van der Waals surface area contributed by atoms with Crippen molar-refractivity contribution < 1.29 is 28.3 Å². The van der Waals surface area contributed by atoms with Crippen molar-refractivity contribution >= 4 is 11.7 Å². The van der Waals surface area contributed by atoms with E-state index in [1.807, 2.05) is 0 Å². The maximum atomic E-state index is 16.6. The van der Waals surface area contributed by atoms with Gasteiger partial charge in [-0.1, -0.05) is 18.2 Å². The molecular formula is C18H20FN3O6. The molecule has 1 aromatic carbocycles. The lowest BCUT2D eigenvalue weighted by molar-refractivity contribution is -0.386. The quantitative estimate of drug-likeness (QED) is 0.442. The van der Waals surface area contributed by atoms with Gasteiger partial charge in [-0.25, -0.2) is 9.18 Å². The lowest BCUT2D eigenvalue weighted by Gasteiger charge is -2.47. The first-order valence-electron chi connectivity index (χ1n) is 8.50. The Kier molecular flexibility index (Phi) is 5.89. The van der Waals surface area contributed by atoms with Crippen LogP contribution in [0, 0.1) is 21.4 Å². The maximum absolute atomic E-state index is 16.6. The molecule has 0 amide bonds. The molecule has 1 aromatic rings. The van der Waals surface area contributed by atoms with Crippen LogP contribution in [0.1, 0.15) is 32.3 Å². The number of nitrogens with zero attached hydrogens (tertiary/aromatic N) is 2. The highest BCUT2D eigenvalue weighted by atomic mass is 19.1. The summed E-state index contributed by atoms with van der Waals surface area (Å²) >= 11 is 0. The topological polar surface area (TPSA) is 138 Å². The van der Waals surface area contributed by atoms with Crippen LogP contribution in [0.3, 0.4) is 0 Å². The zero-order chi connectivity index (χ0) is 21.1. The molecule has 10 heteroatoms. The number of rotatable bonds is 6. The zero-order valence-electron chi connectivity index (χ0n) is 15.6. The first-order chi connectivity index (χ1) is 13.2. The molecule has 0 radical (unpaired) electrons. The van der Waals surface area contributed by atoms with Crippen LogP contribution in [-0.4, -0.2) is 35.6 Å². The number of nitro groups is 1. The fourth-order valence-corrected chi connectivity index (χ4v) is 3.28.